The molecule has 0 radical (unpaired) electrons. The minimum absolute atomic E-state index is 0.0256. The first-order valence-electron chi connectivity index (χ1n) is 18.2. The van der Waals surface area contributed by atoms with Gasteiger partial charge in [0.25, 0.3) is 12.3 Å². The molecular weight excluding hydrogens is 790 g/mol. The number of pyridine rings is 1. The van der Waals surface area contributed by atoms with Crippen molar-refractivity contribution in [1.82, 2.24) is 35.2 Å². The SMILES string of the molecule is CNCC(=O)Nc1nn(C)c2c(-c3ccc(C#CC(C)(C)O)nc3C(Cc3cc(F)cc(F)c3)NC(=O)Cn3nc(C(F)F)c4c3C(F)(F)C3CCC43)ccc(Cl)c12. The Morgan fingerprint density at radius 3 is 2.38 bits per heavy atom. The highest BCUT2D eigenvalue weighted by molar-refractivity contribution is 6.37. The zero-order valence-electron chi connectivity index (χ0n) is 31.5. The van der Waals surface area contributed by atoms with E-state index < -0.39 is 77.2 Å². The number of aromatic nitrogens is 5. The first-order valence-corrected chi connectivity index (χ1v) is 18.6. The summed E-state index contributed by atoms with van der Waals surface area (Å²) in [6.07, 6.45) is -3.05. The second kappa shape index (κ2) is 15.4. The summed E-state index contributed by atoms with van der Waals surface area (Å²) in [6, 6.07) is 7.84. The number of carbonyl (C=O) groups is 2. The lowest BCUT2D eigenvalue weighted by Crippen LogP contribution is -2.36. The van der Waals surface area contributed by atoms with Crippen LogP contribution in [0.25, 0.3) is 22.0 Å². The highest BCUT2D eigenvalue weighted by Crippen LogP contribution is 2.63. The number of halogens is 7. The molecule has 18 heteroatoms. The van der Waals surface area contributed by atoms with E-state index in [2.05, 4.69) is 38.0 Å². The Kier molecular flexibility index (Phi) is 10.8. The summed E-state index contributed by atoms with van der Waals surface area (Å²) in [7, 11) is 3.21. The van der Waals surface area contributed by atoms with Crippen molar-refractivity contribution in [1.29, 1.82) is 0 Å². The Labute approximate surface area is 333 Å². The van der Waals surface area contributed by atoms with E-state index in [0.717, 1.165) is 12.1 Å². The van der Waals surface area contributed by atoms with E-state index in [1.807, 2.05) is 0 Å². The first-order chi connectivity index (χ1) is 27.4. The van der Waals surface area contributed by atoms with Crippen LogP contribution in [0.4, 0.5) is 32.2 Å². The summed E-state index contributed by atoms with van der Waals surface area (Å²) < 4.78 is 91.0. The number of hydrogen-bond acceptors (Lipinski definition) is 7. The fourth-order valence-electron chi connectivity index (χ4n) is 7.77. The van der Waals surface area contributed by atoms with Crippen LogP contribution in [0, 0.1) is 29.4 Å². The Morgan fingerprint density at radius 2 is 1.74 bits per heavy atom. The smallest absolute Gasteiger partial charge is 0.293 e. The zero-order valence-corrected chi connectivity index (χ0v) is 32.3. The Bertz CT molecular complexity index is 2500. The van der Waals surface area contributed by atoms with Crippen molar-refractivity contribution in [2.75, 3.05) is 18.9 Å². The lowest BCUT2D eigenvalue weighted by atomic mass is 9.73. The van der Waals surface area contributed by atoms with E-state index in [0.29, 0.717) is 32.8 Å². The summed E-state index contributed by atoms with van der Waals surface area (Å²) in [5.74, 6) is -3.06. The molecule has 1 fully saturated rings. The molecule has 5 aromatic rings. The number of anilines is 1. The maximum Gasteiger partial charge on any atom is 0.293 e. The molecule has 0 bridgehead atoms. The van der Waals surface area contributed by atoms with Gasteiger partial charge in [-0.3, -0.25) is 19.0 Å². The highest BCUT2D eigenvalue weighted by atomic mass is 35.5. The molecule has 3 unspecified atom stereocenters. The number of carbonyl (C=O) groups excluding carboxylic acids is 2. The topological polar surface area (TPSA) is 139 Å². The van der Waals surface area contributed by atoms with Crippen molar-refractivity contribution in [3.05, 3.63) is 93.0 Å². The maximum atomic E-state index is 15.7. The molecule has 2 aliphatic carbocycles. The highest BCUT2D eigenvalue weighted by Gasteiger charge is 2.62. The van der Waals surface area contributed by atoms with Crippen molar-refractivity contribution >= 4 is 40.1 Å². The van der Waals surface area contributed by atoms with Gasteiger partial charge >= 0.3 is 0 Å². The Morgan fingerprint density at radius 1 is 1.03 bits per heavy atom. The van der Waals surface area contributed by atoms with E-state index in [1.165, 1.54) is 18.5 Å². The standard InChI is InChI=1S/C40H37ClF6N8O3/c1-39(2,58)12-11-22-5-6-23(24-8-10-27(41)32-35(24)54(4)53-38(32)51-29(56)17-48-3)33(49-22)28(15-19-13-20(42)16-21(43)14-19)50-30(57)18-55-36-31(34(52-55)37(44)45)25-7-9-26(25)40(36,46)47/h5-6,8,10,13-14,16,25-26,28,37,48,58H,7,9,15,17-18H2,1-4H3,(H,50,57)(H,51,53,56). The molecule has 0 saturated heterocycles. The number of aryl methyl sites for hydroxylation is 1. The van der Waals surface area contributed by atoms with Gasteiger partial charge in [-0.25, -0.2) is 22.5 Å². The van der Waals surface area contributed by atoms with Crippen LogP contribution in [-0.2, 0) is 35.5 Å². The van der Waals surface area contributed by atoms with Crippen LogP contribution >= 0.6 is 11.6 Å². The molecular formula is C40H37ClF6N8O3. The predicted octanol–water partition coefficient (Wildman–Crippen LogP) is 6.68. The van der Waals surface area contributed by atoms with Gasteiger partial charge in [-0.1, -0.05) is 23.6 Å². The molecule has 304 valence electrons. The van der Waals surface area contributed by atoms with E-state index >= 15 is 8.78 Å². The second-order valence-electron chi connectivity index (χ2n) is 14.9. The van der Waals surface area contributed by atoms with Gasteiger partial charge in [-0.05, 0) is 87.9 Å². The number of hydrogen-bond donors (Lipinski definition) is 4. The van der Waals surface area contributed by atoms with Crippen LogP contribution in [0.5, 0.6) is 0 Å². The number of amides is 2. The van der Waals surface area contributed by atoms with Gasteiger partial charge in [0.2, 0.25) is 11.8 Å². The molecule has 0 aliphatic heterocycles. The number of nitrogens with one attached hydrogen (secondary N) is 3. The number of aliphatic hydroxyl groups is 1. The minimum Gasteiger partial charge on any atom is -0.378 e. The predicted molar refractivity (Wildman–Crippen MR) is 202 cm³/mol. The molecule has 1 saturated carbocycles. The molecule has 3 atom stereocenters. The molecule has 2 amide bonds. The third-order valence-electron chi connectivity index (χ3n) is 10.2. The molecule has 11 nitrogen and oxygen atoms in total. The van der Waals surface area contributed by atoms with Crippen molar-refractivity contribution in [3.8, 4) is 23.0 Å². The van der Waals surface area contributed by atoms with E-state index in [9.17, 15) is 32.3 Å². The van der Waals surface area contributed by atoms with Gasteiger partial charge in [0.1, 0.15) is 40.9 Å². The average molecular weight is 827 g/mol. The van der Waals surface area contributed by atoms with Gasteiger partial charge in [0, 0.05) is 35.7 Å². The molecule has 2 aliphatic rings. The molecule has 0 spiro atoms. The fourth-order valence-corrected chi connectivity index (χ4v) is 8.02. The summed E-state index contributed by atoms with van der Waals surface area (Å²) in [5, 5.41) is 27.4. The lowest BCUT2D eigenvalue weighted by Gasteiger charge is -2.34. The van der Waals surface area contributed by atoms with Crippen LogP contribution in [0.1, 0.15) is 79.0 Å². The van der Waals surface area contributed by atoms with Gasteiger partial charge in [0.05, 0.1) is 34.2 Å². The second-order valence-corrected chi connectivity index (χ2v) is 15.3. The molecule has 3 aromatic heterocycles. The zero-order chi connectivity index (χ0) is 41.8. The normalized spacial score (nSPS) is 17.3. The van der Waals surface area contributed by atoms with Crippen molar-refractivity contribution < 1.29 is 41.0 Å². The molecule has 58 heavy (non-hydrogen) atoms. The largest absolute Gasteiger partial charge is 0.378 e. The Hall–Kier alpha value is -5.44. The van der Waals surface area contributed by atoms with Crippen LogP contribution < -0.4 is 16.0 Å². The lowest BCUT2D eigenvalue weighted by molar-refractivity contribution is -0.123. The monoisotopic (exact) mass is 826 g/mol. The third kappa shape index (κ3) is 7.75. The van der Waals surface area contributed by atoms with Crippen molar-refractivity contribution in [3.63, 3.8) is 0 Å². The van der Waals surface area contributed by atoms with Crippen molar-refractivity contribution in [2.24, 2.45) is 13.0 Å². The van der Waals surface area contributed by atoms with Gasteiger partial charge < -0.3 is 21.1 Å². The van der Waals surface area contributed by atoms with E-state index in [-0.39, 0.29) is 59.2 Å². The van der Waals surface area contributed by atoms with Gasteiger partial charge in [-0.15, -0.1) is 0 Å². The van der Waals surface area contributed by atoms with Crippen LogP contribution in [-0.4, -0.2) is 60.7 Å². The van der Waals surface area contributed by atoms with E-state index in [4.69, 9.17) is 16.6 Å². The summed E-state index contributed by atoms with van der Waals surface area (Å²) >= 11 is 6.68. The number of benzene rings is 2. The summed E-state index contributed by atoms with van der Waals surface area (Å²) in [4.78, 5) is 31.4. The number of fused-ring (bicyclic) bond motifs is 4. The van der Waals surface area contributed by atoms with Crippen LogP contribution in [0.15, 0.2) is 42.5 Å². The minimum atomic E-state index is -3.51. The van der Waals surface area contributed by atoms with Crippen LogP contribution in [0.3, 0.4) is 0 Å². The fraction of sp³-hybridized carbons (Fsp3) is 0.375. The Balaban J connectivity index is 1.37. The molecule has 2 aromatic carbocycles. The number of likely N-dealkylation sites (N-methyl/N-ethyl adjacent to an activating group) is 1. The van der Waals surface area contributed by atoms with Crippen molar-refractivity contribution in [2.45, 2.75) is 69.6 Å². The number of nitrogens with zero attached hydrogens (tertiary/aromatic N) is 5. The summed E-state index contributed by atoms with van der Waals surface area (Å²) in [5.41, 5.74) is -1.77. The molecule has 3 heterocycles. The number of alkyl halides is 4. The number of rotatable bonds is 11. The molecule has 7 rings (SSSR count). The van der Waals surface area contributed by atoms with E-state index in [1.54, 1.807) is 38.4 Å². The summed E-state index contributed by atoms with van der Waals surface area (Å²) in [6.45, 7) is 1.99. The third-order valence-corrected chi connectivity index (χ3v) is 10.5. The van der Waals surface area contributed by atoms with Crippen LogP contribution in [0.2, 0.25) is 5.02 Å². The van der Waals surface area contributed by atoms with Gasteiger partial charge in [0.15, 0.2) is 5.82 Å². The first kappa shape index (κ1) is 40.7. The quantitative estimate of drug-likeness (QED) is 0.0862. The maximum absolute atomic E-state index is 15.7. The molecule has 4 N–H and O–H groups in total. The van der Waals surface area contributed by atoms with Gasteiger partial charge in [-0.2, -0.15) is 19.0 Å². The average Bonchev–Trinajstić information content (AvgIpc) is 3.68.